The van der Waals surface area contributed by atoms with E-state index in [9.17, 15) is 28.8 Å². The van der Waals surface area contributed by atoms with Gasteiger partial charge in [0.05, 0.1) is 19.9 Å². The number of nitrogens with two attached hydrogens (primary N) is 1. The molecule has 0 aromatic heterocycles. The summed E-state index contributed by atoms with van der Waals surface area (Å²) in [7, 11) is 2.66. The van der Waals surface area contributed by atoms with Gasteiger partial charge in [0.15, 0.2) is 0 Å². The van der Waals surface area contributed by atoms with Gasteiger partial charge in [-0.25, -0.2) is 14.5 Å². The highest BCUT2D eigenvalue weighted by atomic mass is 16.6. The van der Waals surface area contributed by atoms with Gasteiger partial charge in [0.25, 0.3) is 5.91 Å². The number of hydrogen-bond acceptors (Lipinski definition) is 11. The molecule has 0 bridgehead atoms. The smallest absolute Gasteiger partial charge is 0.421 e. The summed E-state index contributed by atoms with van der Waals surface area (Å²) in [4.78, 5) is 83.0. The van der Waals surface area contributed by atoms with E-state index in [-0.39, 0.29) is 56.7 Å². The van der Waals surface area contributed by atoms with E-state index in [1.54, 1.807) is 65.8 Å². The molecule has 2 unspecified atom stereocenters. The second-order valence-corrected chi connectivity index (χ2v) is 14.8. The molecular formula is C38H53N7O10. The van der Waals surface area contributed by atoms with E-state index >= 15 is 0 Å². The van der Waals surface area contributed by atoms with E-state index in [4.69, 9.17) is 30.1 Å². The van der Waals surface area contributed by atoms with Crippen LogP contribution < -0.4 is 26.0 Å². The van der Waals surface area contributed by atoms with Crippen molar-refractivity contribution in [1.29, 1.82) is 5.41 Å². The molecule has 5 amide bonds. The standard InChI is InChI=1S/C38H53N7O10/c1-37(2,3)54-30(46)23-43-20-21-44(29(33(43)49)10-9-19-41-35(50)55-38(4,5)6)32(48)28(22-24-11-17-27(52-7)18-12-24)42-31(47)25-13-15-26(16-14-25)45(34(39)40)36(51)53-8/h11-18,28-29H,9-10,19-23H2,1-8H3,(H3,39,40)(H,41,50)(H,42,47). The van der Waals surface area contributed by atoms with Gasteiger partial charge in [-0.3, -0.25) is 24.6 Å². The summed E-state index contributed by atoms with van der Waals surface area (Å²) >= 11 is 0. The summed E-state index contributed by atoms with van der Waals surface area (Å²) in [5.41, 5.74) is 5.08. The third-order valence-electron chi connectivity index (χ3n) is 8.12. The topological polar surface area (TPSA) is 223 Å². The summed E-state index contributed by atoms with van der Waals surface area (Å²) in [6.07, 6.45) is -1.07. The zero-order valence-corrected chi connectivity index (χ0v) is 32.7. The molecule has 0 radical (unpaired) electrons. The summed E-state index contributed by atoms with van der Waals surface area (Å²) in [6, 6.07) is 10.4. The number of amides is 5. The molecular weight excluding hydrogens is 714 g/mol. The lowest BCUT2D eigenvalue weighted by Gasteiger charge is -2.42. The van der Waals surface area contributed by atoms with Crippen LogP contribution in [-0.2, 0) is 35.0 Å². The van der Waals surface area contributed by atoms with Crippen LogP contribution >= 0.6 is 0 Å². The molecule has 0 aliphatic carbocycles. The molecule has 2 aromatic rings. The monoisotopic (exact) mass is 767 g/mol. The summed E-state index contributed by atoms with van der Waals surface area (Å²) in [6.45, 7) is 10.3. The van der Waals surface area contributed by atoms with Crippen molar-refractivity contribution in [3.8, 4) is 5.75 Å². The van der Waals surface area contributed by atoms with Gasteiger partial charge in [0.1, 0.15) is 35.6 Å². The van der Waals surface area contributed by atoms with Gasteiger partial charge >= 0.3 is 18.2 Å². The van der Waals surface area contributed by atoms with Crippen molar-refractivity contribution in [3.05, 3.63) is 59.7 Å². The van der Waals surface area contributed by atoms with Crippen molar-refractivity contribution in [3.63, 3.8) is 0 Å². The van der Waals surface area contributed by atoms with E-state index in [0.717, 1.165) is 12.0 Å². The van der Waals surface area contributed by atoms with Gasteiger partial charge in [0.2, 0.25) is 17.8 Å². The first kappa shape index (κ1) is 43.5. The number of ether oxygens (including phenoxy) is 4. The number of benzene rings is 2. The molecule has 3 rings (SSSR count). The Labute approximate surface area is 321 Å². The lowest BCUT2D eigenvalue weighted by Crippen LogP contribution is -2.63. The number of carbonyl (C=O) groups is 6. The highest BCUT2D eigenvalue weighted by Gasteiger charge is 2.41. The molecule has 5 N–H and O–H groups in total. The second kappa shape index (κ2) is 18.9. The molecule has 17 nitrogen and oxygen atoms in total. The number of alkyl carbamates (subject to hydrolysis) is 1. The molecule has 300 valence electrons. The minimum Gasteiger partial charge on any atom is -0.497 e. The van der Waals surface area contributed by atoms with Crippen LogP contribution in [0.3, 0.4) is 0 Å². The number of hydrogen-bond donors (Lipinski definition) is 4. The number of anilines is 1. The van der Waals surface area contributed by atoms with Crippen LogP contribution in [0.2, 0.25) is 0 Å². The lowest BCUT2D eigenvalue weighted by molar-refractivity contribution is -0.163. The van der Waals surface area contributed by atoms with Crippen molar-refractivity contribution in [2.24, 2.45) is 5.73 Å². The minimum absolute atomic E-state index is 0.0357. The summed E-state index contributed by atoms with van der Waals surface area (Å²) in [5, 5.41) is 13.2. The third kappa shape index (κ3) is 13.2. The van der Waals surface area contributed by atoms with Crippen molar-refractivity contribution < 1.29 is 47.7 Å². The highest BCUT2D eigenvalue weighted by molar-refractivity contribution is 6.12. The summed E-state index contributed by atoms with van der Waals surface area (Å²) in [5.74, 6) is -2.24. The molecule has 2 atom stereocenters. The number of nitrogens with zero attached hydrogens (tertiary/aromatic N) is 3. The molecule has 2 aromatic carbocycles. The predicted molar refractivity (Wildman–Crippen MR) is 203 cm³/mol. The second-order valence-electron chi connectivity index (χ2n) is 14.8. The Morgan fingerprint density at radius 3 is 2.09 bits per heavy atom. The van der Waals surface area contributed by atoms with Crippen LogP contribution in [0.5, 0.6) is 5.75 Å². The van der Waals surface area contributed by atoms with Crippen LogP contribution in [-0.4, -0.2) is 115 Å². The Hall–Kier alpha value is -5.87. The molecule has 1 aliphatic heterocycles. The number of nitrogens with one attached hydrogen (secondary N) is 3. The third-order valence-corrected chi connectivity index (χ3v) is 8.12. The van der Waals surface area contributed by atoms with Gasteiger partial charge in [-0.1, -0.05) is 12.1 Å². The Kier molecular flexibility index (Phi) is 15.0. The van der Waals surface area contributed by atoms with Gasteiger partial charge in [-0.15, -0.1) is 0 Å². The van der Waals surface area contributed by atoms with E-state index < -0.39 is 65.1 Å². The first-order valence-electron chi connectivity index (χ1n) is 17.8. The number of guanidine groups is 1. The van der Waals surface area contributed by atoms with E-state index in [0.29, 0.717) is 11.3 Å². The fraction of sp³-hybridized carbons (Fsp3) is 0.500. The molecule has 1 heterocycles. The minimum atomic E-state index is -1.16. The quantitative estimate of drug-likeness (QED) is 0.0762. The van der Waals surface area contributed by atoms with E-state index in [2.05, 4.69) is 10.6 Å². The SMILES string of the molecule is COC(=O)N(C(=N)N)c1ccc(C(=O)NC(Cc2ccc(OC)cc2)C(=O)N2CCN(CC(=O)OC(C)(C)C)C(=O)C2CCCNC(=O)OC(C)(C)C)cc1. The number of carbonyl (C=O) groups excluding carboxylic acids is 6. The number of rotatable bonds is 13. The maximum atomic E-state index is 14.5. The molecule has 55 heavy (non-hydrogen) atoms. The van der Waals surface area contributed by atoms with Gasteiger partial charge in [0, 0.05) is 31.6 Å². The number of methoxy groups -OCH3 is 2. The van der Waals surface area contributed by atoms with Crippen LogP contribution in [0.25, 0.3) is 0 Å². The Morgan fingerprint density at radius 2 is 1.55 bits per heavy atom. The maximum Gasteiger partial charge on any atom is 0.421 e. The first-order valence-corrected chi connectivity index (χ1v) is 17.8. The first-order chi connectivity index (χ1) is 25.7. The predicted octanol–water partition coefficient (Wildman–Crippen LogP) is 3.19. The lowest BCUT2D eigenvalue weighted by atomic mass is 9.99. The Bertz CT molecular complexity index is 1700. The molecule has 1 fully saturated rings. The highest BCUT2D eigenvalue weighted by Crippen LogP contribution is 2.22. The van der Waals surface area contributed by atoms with Crippen LogP contribution in [0.15, 0.2) is 48.5 Å². The van der Waals surface area contributed by atoms with Crippen LogP contribution in [0.1, 0.15) is 70.3 Å². The number of piperazine rings is 1. The van der Waals surface area contributed by atoms with Gasteiger partial charge < -0.3 is 45.1 Å². The van der Waals surface area contributed by atoms with Crippen LogP contribution in [0.4, 0.5) is 15.3 Å². The van der Waals surface area contributed by atoms with Gasteiger partial charge in [-0.2, -0.15) is 0 Å². The zero-order valence-electron chi connectivity index (χ0n) is 32.7. The normalized spacial score (nSPS) is 15.0. The van der Waals surface area contributed by atoms with Crippen molar-refractivity contribution >= 4 is 47.5 Å². The molecule has 1 aliphatic rings. The fourth-order valence-electron chi connectivity index (χ4n) is 5.70. The fourth-order valence-corrected chi connectivity index (χ4v) is 5.70. The van der Waals surface area contributed by atoms with Crippen molar-refractivity contribution in [2.45, 2.75) is 84.1 Å². The average Bonchev–Trinajstić information content (AvgIpc) is 3.09. The maximum absolute atomic E-state index is 14.5. The van der Waals surface area contributed by atoms with Gasteiger partial charge in [-0.05, 0) is 96.3 Å². The van der Waals surface area contributed by atoms with E-state index in [1.165, 1.54) is 41.2 Å². The molecule has 17 heteroatoms. The molecule has 0 spiro atoms. The van der Waals surface area contributed by atoms with Crippen molar-refractivity contribution in [1.82, 2.24) is 20.4 Å². The Morgan fingerprint density at radius 1 is 0.927 bits per heavy atom. The van der Waals surface area contributed by atoms with Crippen molar-refractivity contribution in [2.75, 3.05) is 45.3 Å². The average molecular weight is 768 g/mol. The van der Waals surface area contributed by atoms with Crippen LogP contribution in [0, 0.1) is 5.41 Å². The number of esters is 1. The molecule has 1 saturated heterocycles. The zero-order chi connectivity index (χ0) is 41.1. The molecule has 0 saturated carbocycles. The van der Waals surface area contributed by atoms with E-state index in [1.807, 2.05) is 0 Å². The summed E-state index contributed by atoms with van der Waals surface area (Å²) < 4.78 is 20.7. The Balaban J connectivity index is 1.91. The largest absolute Gasteiger partial charge is 0.497 e.